The van der Waals surface area contributed by atoms with Crippen molar-refractivity contribution in [1.82, 2.24) is 4.90 Å². The molecule has 3 aromatic rings. The van der Waals surface area contributed by atoms with Gasteiger partial charge in [0.15, 0.2) is 5.96 Å². The molecule has 0 aliphatic heterocycles. The number of nitrogens with zero attached hydrogens (tertiary/aromatic N) is 3. The molecule has 0 fully saturated rings. The molecule has 0 bridgehead atoms. The summed E-state index contributed by atoms with van der Waals surface area (Å²) in [6.07, 6.45) is 1.50. The van der Waals surface area contributed by atoms with Crippen molar-refractivity contribution in [1.29, 1.82) is 5.26 Å². The molecule has 6 heteroatoms. The van der Waals surface area contributed by atoms with E-state index in [4.69, 9.17) is 10.7 Å². The van der Waals surface area contributed by atoms with Gasteiger partial charge in [0.2, 0.25) is 6.41 Å². The highest BCUT2D eigenvalue weighted by Gasteiger charge is 2.22. The quantitative estimate of drug-likeness (QED) is 0.347. The van der Waals surface area contributed by atoms with E-state index in [-0.39, 0.29) is 17.9 Å². The number of carbonyl (C=O) groups is 1. The summed E-state index contributed by atoms with van der Waals surface area (Å²) in [5, 5.41) is 11.3. The number of rotatable bonds is 7. The Hall–Kier alpha value is -3.43. The van der Waals surface area contributed by atoms with Gasteiger partial charge in [0, 0.05) is 11.9 Å². The highest BCUT2D eigenvalue weighted by Crippen LogP contribution is 2.36. The van der Waals surface area contributed by atoms with E-state index in [0.717, 1.165) is 22.4 Å². The molecule has 2 N–H and O–H groups in total. The zero-order valence-electron chi connectivity index (χ0n) is 17.0. The number of amides is 1. The molecular formula is C24H24N4OS. The van der Waals surface area contributed by atoms with Crippen molar-refractivity contribution in [3.8, 4) is 17.2 Å². The van der Waals surface area contributed by atoms with E-state index in [2.05, 4.69) is 36.6 Å². The third kappa shape index (κ3) is 5.13. The second kappa shape index (κ2) is 9.86. The zero-order chi connectivity index (χ0) is 21.5. The molecule has 0 radical (unpaired) electrons. The number of nitrogens with two attached hydrogens (primary N) is 1. The summed E-state index contributed by atoms with van der Waals surface area (Å²) in [5.41, 5.74) is 9.96. The summed E-state index contributed by atoms with van der Waals surface area (Å²) in [4.78, 5) is 18.2. The first kappa shape index (κ1) is 21.3. The van der Waals surface area contributed by atoms with Crippen molar-refractivity contribution >= 4 is 23.7 Å². The highest BCUT2D eigenvalue weighted by atomic mass is 32.1. The van der Waals surface area contributed by atoms with E-state index in [1.54, 1.807) is 24.5 Å². The Morgan fingerprint density at radius 2 is 1.97 bits per heavy atom. The van der Waals surface area contributed by atoms with E-state index in [0.29, 0.717) is 12.0 Å². The summed E-state index contributed by atoms with van der Waals surface area (Å²) in [7, 11) is 1.60. The molecule has 152 valence electrons. The number of benzene rings is 2. The summed E-state index contributed by atoms with van der Waals surface area (Å²) in [5.74, 6) is 0.360. The molecule has 5 nitrogen and oxygen atoms in total. The standard InChI is InChI=1S/C24H24N4OS/c1-17(11-18-7-4-3-5-8-18)23(27-24(26)28(2)16-29)22-13-21(15-30-22)20-10-6-9-19(12-20)14-25/h3-10,12-13,15-17,23H,11H2,1-2H3,(H2,26,27)/t17-,23+/m1/s1. The van der Waals surface area contributed by atoms with Crippen LogP contribution in [0.1, 0.15) is 29.0 Å². The molecule has 1 amide bonds. The number of aliphatic imine (C=N–C) groups is 1. The van der Waals surface area contributed by atoms with Crippen LogP contribution >= 0.6 is 11.3 Å². The van der Waals surface area contributed by atoms with Crippen molar-refractivity contribution in [2.75, 3.05) is 7.05 Å². The first-order chi connectivity index (χ1) is 14.5. The van der Waals surface area contributed by atoms with Crippen LogP contribution in [0.25, 0.3) is 11.1 Å². The van der Waals surface area contributed by atoms with Crippen LogP contribution in [0.4, 0.5) is 0 Å². The normalized spacial score (nSPS) is 13.3. The molecule has 0 saturated heterocycles. The van der Waals surface area contributed by atoms with Crippen LogP contribution in [0.3, 0.4) is 0 Å². The maximum absolute atomic E-state index is 11.1. The Bertz CT molecular complexity index is 1070. The van der Waals surface area contributed by atoms with Crippen LogP contribution in [0.2, 0.25) is 0 Å². The van der Waals surface area contributed by atoms with E-state index in [9.17, 15) is 10.1 Å². The van der Waals surface area contributed by atoms with Gasteiger partial charge in [-0.25, -0.2) is 4.99 Å². The molecule has 30 heavy (non-hydrogen) atoms. The fourth-order valence-corrected chi connectivity index (χ4v) is 4.37. The molecule has 2 aromatic carbocycles. The predicted molar refractivity (Wildman–Crippen MR) is 122 cm³/mol. The fraction of sp³-hybridized carbons (Fsp3) is 0.208. The van der Waals surface area contributed by atoms with Gasteiger partial charge in [-0.3, -0.25) is 9.69 Å². The second-order valence-corrected chi connectivity index (χ2v) is 8.19. The lowest BCUT2D eigenvalue weighted by atomic mass is 9.92. The summed E-state index contributed by atoms with van der Waals surface area (Å²) in [6.45, 7) is 2.14. The molecule has 0 spiro atoms. The third-order valence-corrected chi connectivity index (χ3v) is 5.97. The van der Waals surface area contributed by atoms with Crippen LogP contribution in [-0.2, 0) is 11.2 Å². The van der Waals surface area contributed by atoms with Gasteiger partial charge in [-0.15, -0.1) is 11.3 Å². The number of hydrogen-bond acceptors (Lipinski definition) is 4. The van der Waals surface area contributed by atoms with E-state index < -0.39 is 0 Å². The third-order valence-electron chi connectivity index (χ3n) is 4.97. The minimum Gasteiger partial charge on any atom is -0.369 e. The average Bonchev–Trinajstić information content (AvgIpc) is 3.27. The van der Waals surface area contributed by atoms with Gasteiger partial charge in [0.1, 0.15) is 0 Å². The van der Waals surface area contributed by atoms with E-state index >= 15 is 0 Å². The summed E-state index contributed by atoms with van der Waals surface area (Å²) >= 11 is 1.61. The molecule has 0 aliphatic carbocycles. The Kier molecular flexibility index (Phi) is 6.99. The van der Waals surface area contributed by atoms with Gasteiger partial charge >= 0.3 is 0 Å². The minimum atomic E-state index is -0.189. The highest BCUT2D eigenvalue weighted by molar-refractivity contribution is 7.10. The number of guanidine groups is 1. The summed E-state index contributed by atoms with van der Waals surface area (Å²) in [6, 6.07) is 21.9. The van der Waals surface area contributed by atoms with Gasteiger partial charge < -0.3 is 5.73 Å². The molecule has 1 heterocycles. The fourth-order valence-electron chi connectivity index (χ4n) is 3.28. The second-order valence-electron chi connectivity index (χ2n) is 7.25. The van der Waals surface area contributed by atoms with Crippen molar-refractivity contribution in [2.24, 2.45) is 16.6 Å². The first-order valence-corrected chi connectivity index (χ1v) is 10.5. The predicted octanol–water partition coefficient (Wildman–Crippen LogP) is 4.61. The van der Waals surface area contributed by atoms with Crippen molar-refractivity contribution < 1.29 is 4.79 Å². The van der Waals surface area contributed by atoms with E-state index in [1.165, 1.54) is 10.5 Å². The van der Waals surface area contributed by atoms with Gasteiger partial charge in [0.05, 0.1) is 17.7 Å². The average molecular weight is 417 g/mol. The number of carbonyl (C=O) groups excluding carboxylic acids is 1. The minimum absolute atomic E-state index is 0.169. The summed E-state index contributed by atoms with van der Waals surface area (Å²) < 4.78 is 0. The first-order valence-electron chi connectivity index (χ1n) is 9.66. The lowest BCUT2D eigenvalue weighted by Crippen LogP contribution is -2.33. The van der Waals surface area contributed by atoms with Gasteiger partial charge in [-0.1, -0.05) is 49.4 Å². The van der Waals surface area contributed by atoms with Gasteiger partial charge in [-0.2, -0.15) is 5.26 Å². The molecule has 1 aromatic heterocycles. The monoisotopic (exact) mass is 416 g/mol. The van der Waals surface area contributed by atoms with Crippen molar-refractivity contribution in [3.63, 3.8) is 0 Å². The smallest absolute Gasteiger partial charge is 0.216 e. The molecular weight excluding hydrogens is 392 g/mol. The Labute approximate surface area is 181 Å². The lowest BCUT2D eigenvalue weighted by Gasteiger charge is -2.21. The number of thiophene rings is 1. The Morgan fingerprint density at radius 3 is 2.67 bits per heavy atom. The molecule has 3 rings (SSSR count). The Morgan fingerprint density at radius 1 is 1.20 bits per heavy atom. The molecule has 2 atom stereocenters. The molecule has 0 saturated carbocycles. The molecule has 0 unspecified atom stereocenters. The van der Waals surface area contributed by atoms with Crippen molar-refractivity contribution in [3.05, 3.63) is 82.0 Å². The maximum Gasteiger partial charge on any atom is 0.216 e. The van der Waals surface area contributed by atoms with Crippen LogP contribution in [0, 0.1) is 17.2 Å². The molecule has 0 aliphatic rings. The van der Waals surface area contributed by atoms with Crippen LogP contribution in [0.15, 0.2) is 71.0 Å². The van der Waals surface area contributed by atoms with Crippen LogP contribution < -0.4 is 5.73 Å². The van der Waals surface area contributed by atoms with E-state index in [1.807, 2.05) is 36.4 Å². The van der Waals surface area contributed by atoms with Gasteiger partial charge in [0.25, 0.3) is 0 Å². The maximum atomic E-state index is 11.1. The zero-order valence-corrected chi connectivity index (χ0v) is 17.8. The SMILES string of the molecule is C[C@H](Cc1ccccc1)[C@H](N=C(N)N(C)C=O)c1cc(-c2cccc(C#N)c2)cs1. The number of hydrogen-bond donors (Lipinski definition) is 1. The lowest BCUT2D eigenvalue weighted by molar-refractivity contribution is -0.114. The largest absolute Gasteiger partial charge is 0.369 e. The van der Waals surface area contributed by atoms with Crippen molar-refractivity contribution in [2.45, 2.75) is 19.4 Å². The van der Waals surface area contributed by atoms with Gasteiger partial charge in [-0.05, 0) is 52.6 Å². The number of nitriles is 1. The Balaban J connectivity index is 1.94. The topological polar surface area (TPSA) is 82.5 Å². The van der Waals surface area contributed by atoms with Crippen LogP contribution in [0.5, 0.6) is 0 Å². The van der Waals surface area contributed by atoms with Crippen LogP contribution in [-0.4, -0.2) is 24.3 Å².